The molecule has 0 N–H and O–H groups in total. The third kappa shape index (κ3) is 2.95. The Morgan fingerprint density at radius 1 is 1.28 bits per heavy atom. The molecule has 1 aromatic carbocycles. The molecule has 1 aliphatic heterocycles. The Balaban J connectivity index is 2.36. The third-order valence-corrected chi connectivity index (χ3v) is 3.38. The van der Waals surface area contributed by atoms with Crippen LogP contribution in [0.25, 0.3) is 0 Å². The lowest BCUT2D eigenvalue weighted by Gasteiger charge is -2.18. The summed E-state index contributed by atoms with van der Waals surface area (Å²) in [5, 5.41) is 0. The number of aliphatic imine (C=N–C) groups is 1. The van der Waals surface area contributed by atoms with Crippen LogP contribution in [0.15, 0.2) is 47.0 Å². The highest BCUT2D eigenvalue weighted by Gasteiger charge is 2.22. The van der Waals surface area contributed by atoms with Crippen molar-refractivity contribution in [2.45, 2.75) is 26.7 Å². The highest BCUT2D eigenvalue weighted by molar-refractivity contribution is 6.13. The molecular formula is C16H19NO. The van der Waals surface area contributed by atoms with E-state index in [1.54, 1.807) is 6.92 Å². The van der Waals surface area contributed by atoms with Gasteiger partial charge in [0, 0.05) is 6.54 Å². The van der Waals surface area contributed by atoms with Gasteiger partial charge in [0.1, 0.15) is 5.78 Å². The monoisotopic (exact) mass is 241 g/mol. The lowest BCUT2D eigenvalue weighted by molar-refractivity contribution is -0.118. The van der Waals surface area contributed by atoms with Crippen molar-refractivity contribution in [3.8, 4) is 0 Å². The lowest BCUT2D eigenvalue weighted by atomic mass is 9.88. The number of hydrogen-bond donors (Lipinski definition) is 0. The first-order valence-electron chi connectivity index (χ1n) is 6.44. The molecule has 1 heterocycles. The van der Waals surface area contributed by atoms with E-state index in [4.69, 9.17) is 0 Å². The molecule has 94 valence electrons. The molecule has 1 aromatic rings. The van der Waals surface area contributed by atoms with Gasteiger partial charge in [-0.3, -0.25) is 9.79 Å². The predicted octanol–water partition coefficient (Wildman–Crippen LogP) is 3.42. The van der Waals surface area contributed by atoms with E-state index in [2.05, 4.69) is 18.0 Å². The summed E-state index contributed by atoms with van der Waals surface area (Å²) in [7, 11) is 0. The molecule has 2 rings (SSSR count). The van der Waals surface area contributed by atoms with Gasteiger partial charge < -0.3 is 0 Å². The molecule has 2 heteroatoms. The number of Topliss-reactive ketones (excluding diaryl/α,β-unsaturated/α-hetero) is 1. The number of ketones is 1. The zero-order valence-electron chi connectivity index (χ0n) is 11.0. The summed E-state index contributed by atoms with van der Waals surface area (Å²) in [6.45, 7) is 4.55. The maximum Gasteiger partial charge on any atom is 0.139 e. The standard InChI is InChI=1S/C16H19NO/c1-12-8-9-15(13(2)18)16(17-11-10-12)14-6-4-3-5-7-14/h3-8,15H,9-11H2,1-2H3/b12-8-,17-16?. The summed E-state index contributed by atoms with van der Waals surface area (Å²) in [4.78, 5) is 16.5. The Labute approximate surface area is 108 Å². The molecule has 1 aliphatic rings. The van der Waals surface area contributed by atoms with E-state index >= 15 is 0 Å². The average molecular weight is 241 g/mol. The Hall–Kier alpha value is -1.70. The fourth-order valence-electron chi connectivity index (χ4n) is 2.26. The molecule has 0 fully saturated rings. The first kappa shape index (κ1) is 12.7. The van der Waals surface area contributed by atoms with Gasteiger partial charge >= 0.3 is 0 Å². The zero-order chi connectivity index (χ0) is 13.0. The van der Waals surface area contributed by atoms with Crippen LogP contribution in [-0.4, -0.2) is 18.0 Å². The summed E-state index contributed by atoms with van der Waals surface area (Å²) in [5.74, 6) is 0.103. The minimum absolute atomic E-state index is 0.0948. The molecule has 18 heavy (non-hydrogen) atoms. The second-order valence-corrected chi connectivity index (χ2v) is 4.83. The van der Waals surface area contributed by atoms with Crippen molar-refractivity contribution in [3.63, 3.8) is 0 Å². The van der Waals surface area contributed by atoms with Crippen LogP contribution in [0.5, 0.6) is 0 Å². The van der Waals surface area contributed by atoms with Crippen LogP contribution < -0.4 is 0 Å². The number of carbonyl (C=O) groups is 1. The van der Waals surface area contributed by atoms with Crippen LogP contribution in [0.2, 0.25) is 0 Å². The summed E-state index contributed by atoms with van der Waals surface area (Å²) in [6, 6.07) is 10.0. The summed E-state index contributed by atoms with van der Waals surface area (Å²) in [6.07, 6.45) is 3.94. The SMILES string of the molecule is CC(=O)C1C/C=C(/C)CCN=C1c1ccccc1. The molecule has 0 radical (unpaired) electrons. The number of carbonyl (C=O) groups excluding carboxylic acids is 1. The van der Waals surface area contributed by atoms with Crippen molar-refractivity contribution in [1.29, 1.82) is 0 Å². The van der Waals surface area contributed by atoms with Crippen LogP contribution in [0.4, 0.5) is 0 Å². The van der Waals surface area contributed by atoms with Crippen molar-refractivity contribution in [2.75, 3.05) is 6.54 Å². The molecule has 0 aromatic heterocycles. The molecule has 0 spiro atoms. The minimum atomic E-state index is -0.0948. The van der Waals surface area contributed by atoms with E-state index in [9.17, 15) is 4.79 Å². The first-order chi connectivity index (χ1) is 8.68. The zero-order valence-corrected chi connectivity index (χ0v) is 11.0. The summed E-state index contributed by atoms with van der Waals surface area (Å²) in [5.41, 5.74) is 3.36. The molecule has 0 aliphatic carbocycles. The van der Waals surface area contributed by atoms with E-state index in [1.807, 2.05) is 30.3 Å². The van der Waals surface area contributed by atoms with Crippen molar-refractivity contribution in [3.05, 3.63) is 47.5 Å². The van der Waals surface area contributed by atoms with E-state index in [1.165, 1.54) is 5.57 Å². The predicted molar refractivity (Wildman–Crippen MR) is 75.0 cm³/mol. The van der Waals surface area contributed by atoms with Crippen LogP contribution in [-0.2, 0) is 4.79 Å². The summed E-state index contributed by atoms with van der Waals surface area (Å²) < 4.78 is 0. The Morgan fingerprint density at radius 3 is 2.67 bits per heavy atom. The maximum atomic E-state index is 11.8. The van der Waals surface area contributed by atoms with Crippen LogP contribution in [0.1, 0.15) is 32.3 Å². The fraction of sp³-hybridized carbons (Fsp3) is 0.375. The van der Waals surface area contributed by atoms with Gasteiger partial charge in [0.25, 0.3) is 0 Å². The number of rotatable bonds is 2. The Morgan fingerprint density at radius 2 is 2.00 bits per heavy atom. The van der Waals surface area contributed by atoms with Crippen molar-refractivity contribution < 1.29 is 4.79 Å². The van der Waals surface area contributed by atoms with Crippen molar-refractivity contribution in [2.24, 2.45) is 10.9 Å². The van der Waals surface area contributed by atoms with Gasteiger partial charge in [-0.2, -0.15) is 0 Å². The lowest BCUT2D eigenvalue weighted by Crippen LogP contribution is -2.24. The molecule has 0 bridgehead atoms. The Bertz CT molecular complexity index is 485. The van der Waals surface area contributed by atoms with Gasteiger partial charge in [0.2, 0.25) is 0 Å². The number of nitrogens with zero attached hydrogens (tertiary/aromatic N) is 1. The van der Waals surface area contributed by atoms with E-state index in [0.717, 1.165) is 30.7 Å². The van der Waals surface area contributed by atoms with E-state index < -0.39 is 0 Å². The normalized spacial score (nSPS) is 23.3. The molecule has 0 amide bonds. The van der Waals surface area contributed by atoms with Gasteiger partial charge in [-0.05, 0) is 32.3 Å². The fourth-order valence-corrected chi connectivity index (χ4v) is 2.26. The third-order valence-electron chi connectivity index (χ3n) is 3.38. The molecule has 1 unspecified atom stereocenters. The average Bonchev–Trinajstić information content (AvgIpc) is 2.34. The highest BCUT2D eigenvalue weighted by Crippen LogP contribution is 2.20. The van der Waals surface area contributed by atoms with Gasteiger partial charge in [0.15, 0.2) is 0 Å². The van der Waals surface area contributed by atoms with Crippen molar-refractivity contribution >= 4 is 11.5 Å². The molecule has 0 saturated heterocycles. The highest BCUT2D eigenvalue weighted by atomic mass is 16.1. The maximum absolute atomic E-state index is 11.8. The van der Waals surface area contributed by atoms with Gasteiger partial charge in [0.05, 0.1) is 11.6 Å². The van der Waals surface area contributed by atoms with Gasteiger partial charge in [-0.1, -0.05) is 42.0 Å². The smallest absolute Gasteiger partial charge is 0.139 e. The van der Waals surface area contributed by atoms with Crippen LogP contribution in [0, 0.1) is 5.92 Å². The number of benzene rings is 1. The minimum Gasteiger partial charge on any atom is -0.299 e. The molecule has 0 saturated carbocycles. The number of hydrogen-bond acceptors (Lipinski definition) is 2. The molecular weight excluding hydrogens is 222 g/mol. The van der Waals surface area contributed by atoms with Crippen molar-refractivity contribution in [1.82, 2.24) is 0 Å². The van der Waals surface area contributed by atoms with Gasteiger partial charge in [-0.25, -0.2) is 0 Å². The second kappa shape index (κ2) is 5.76. The topological polar surface area (TPSA) is 29.4 Å². The van der Waals surface area contributed by atoms with Crippen LogP contribution in [0.3, 0.4) is 0 Å². The Kier molecular flexibility index (Phi) is 4.08. The number of allylic oxidation sites excluding steroid dienone is 1. The van der Waals surface area contributed by atoms with E-state index in [0.29, 0.717) is 0 Å². The van der Waals surface area contributed by atoms with E-state index in [-0.39, 0.29) is 11.7 Å². The second-order valence-electron chi connectivity index (χ2n) is 4.83. The first-order valence-corrected chi connectivity index (χ1v) is 6.44. The summed E-state index contributed by atoms with van der Waals surface area (Å²) >= 11 is 0. The van der Waals surface area contributed by atoms with Crippen LogP contribution >= 0.6 is 0 Å². The molecule has 2 nitrogen and oxygen atoms in total. The molecule has 1 atom stereocenters. The van der Waals surface area contributed by atoms with Gasteiger partial charge in [-0.15, -0.1) is 0 Å². The largest absolute Gasteiger partial charge is 0.299 e. The quantitative estimate of drug-likeness (QED) is 0.729.